The summed E-state index contributed by atoms with van der Waals surface area (Å²) in [6, 6.07) is 5.78. The topological polar surface area (TPSA) is 134 Å². The molecule has 1 amide bonds. The molecule has 0 radical (unpaired) electrons. The number of halogens is 1. The van der Waals surface area contributed by atoms with Gasteiger partial charge in [-0.1, -0.05) is 17.3 Å². The third kappa shape index (κ3) is 4.05. The Hall–Kier alpha value is -3.56. The van der Waals surface area contributed by atoms with Crippen molar-refractivity contribution in [3.63, 3.8) is 0 Å². The second-order valence-corrected chi connectivity index (χ2v) is 6.73. The predicted molar refractivity (Wildman–Crippen MR) is 95.9 cm³/mol. The van der Waals surface area contributed by atoms with E-state index in [1.54, 1.807) is 26.0 Å². The van der Waals surface area contributed by atoms with Gasteiger partial charge in [0.2, 0.25) is 23.4 Å². The Morgan fingerprint density at radius 2 is 1.96 bits per heavy atom. The number of nitrogens with one attached hydrogen (secondary N) is 2. The number of aromatic hydroxyl groups is 1. The van der Waals surface area contributed by atoms with E-state index in [0.29, 0.717) is 0 Å². The summed E-state index contributed by atoms with van der Waals surface area (Å²) in [6.45, 7) is 4.62. The average molecular weight is 387 g/mol. The van der Waals surface area contributed by atoms with Crippen molar-refractivity contribution in [3.05, 3.63) is 57.7 Å². The third-order valence-electron chi connectivity index (χ3n) is 3.92. The van der Waals surface area contributed by atoms with Gasteiger partial charge in [0.05, 0.1) is 12.0 Å². The van der Waals surface area contributed by atoms with Crippen molar-refractivity contribution in [3.8, 4) is 17.3 Å². The van der Waals surface area contributed by atoms with Crippen LogP contribution in [0.4, 0.5) is 4.39 Å². The zero-order chi connectivity index (χ0) is 20.5. The molecule has 3 aromatic rings. The van der Waals surface area contributed by atoms with Crippen LogP contribution in [0, 0.1) is 5.82 Å². The van der Waals surface area contributed by atoms with E-state index >= 15 is 0 Å². The summed E-state index contributed by atoms with van der Waals surface area (Å²) in [5.41, 5.74) is -1.24. The van der Waals surface area contributed by atoms with Gasteiger partial charge in [-0.05, 0) is 31.5 Å². The Morgan fingerprint density at radius 1 is 1.29 bits per heavy atom. The molecule has 146 valence electrons. The van der Waals surface area contributed by atoms with E-state index in [1.807, 2.05) is 0 Å². The molecule has 3 rings (SSSR count). The van der Waals surface area contributed by atoms with Crippen LogP contribution < -0.4 is 10.9 Å². The average Bonchev–Trinajstić information content (AvgIpc) is 3.06. The zero-order valence-electron chi connectivity index (χ0n) is 15.4. The van der Waals surface area contributed by atoms with Gasteiger partial charge in [-0.2, -0.15) is 4.98 Å². The van der Waals surface area contributed by atoms with Gasteiger partial charge in [0.1, 0.15) is 11.6 Å². The van der Waals surface area contributed by atoms with Crippen molar-refractivity contribution < 1.29 is 18.8 Å². The van der Waals surface area contributed by atoms with E-state index in [4.69, 9.17) is 4.52 Å². The van der Waals surface area contributed by atoms with E-state index < -0.39 is 16.8 Å². The minimum absolute atomic E-state index is 0.0828. The lowest BCUT2D eigenvalue weighted by Gasteiger charge is -2.24. The second-order valence-electron chi connectivity index (χ2n) is 6.73. The van der Waals surface area contributed by atoms with Crippen LogP contribution in [0.25, 0.3) is 11.5 Å². The number of rotatable bonds is 5. The van der Waals surface area contributed by atoms with Crippen molar-refractivity contribution in [1.82, 2.24) is 25.4 Å². The number of aromatic nitrogens is 4. The highest BCUT2D eigenvalue weighted by atomic mass is 19.1. The Morgan fingerprint density at radius 3 is 2.61 bits per heavy atom. The SMILES string of the molecule is CC(=O)NC(C)(C)c1nc(-c2noc(Cc3ccc(F)cc3)n2)c(O)c(=O)[nH]1. The number of benzene rings is 1. The normalized spacial score (nSPS) is 11.4. The Balaban J connectivity index is 1.95. The van der Waals surface area contributed by atoms with Crippen molar-refractivity contribution in [1.29, 1.82) is 0 Å². The van der Waals surface area contributed by atoms with E-state index in [9.17, 15) is 19.1 Å². The predicted octanol–water partition coefficient (Wildman–Crippen LogP) is 1.63. The van der Waals surface area contributed by atoms with Gasteiger partial charge < -0.3 is 19.9 Å². The number of aromatic amines is 1. The third-order valence-corrected chi connectivity index (χ3v) is 3.92. The van der Waals surface area contributed by atoms with Crippen LogP contribution >= 0.6 is 0 Å². The molecule has 3 N–H and O–H groups in total. The summed E-state index contributed by atoms with van der Waals surface area (Å²) >= 11 is 0. The molecule has 0 atom stereocenters. The number of hydrogen-bond donors (Lipinski definition) is 3. The fraction of sp³-hybridized carbons (Fsp3) is 0.278. The summed E-state index contributed by atoms with van der Waals surface area (Å²) in [7, 11) is 0. The van der Waals surface area contributed by atoms with Crippen LogP contribution in [0.5, 0.6) is 5.75 Å². The van der Waals surface area contributed by atoms with E-state index in [1.165, 1.54) is 19.1 Å². The molecule has 0 aliphatic heterocycles. The van der Waals surface area contributed by atoms with Crippen molar-refractivity contribution in [2.45, 2.75) is 32.7 Å². The Kier molecular flexibility index (Phi) is 4.95. The number of carbonyl (C=O) groups excluding carboxylic acids is 1. The van der Waals surface area contributed by atoms with E-state index in [2.05, 4.69) is 25.4 Å². The summed E-state index contributed by atoms with van der Waals surface area (Å²) in [6.07, 6.45) is 0.238. The number of nitrogens with zero attached hydrogens (tertiary/aromatic N) is 3. The molecule has 0 spiro atoms. The number of carbonyl (C=O) groups is 1. The minimum atomic E-state index is -1.01. The summed E-state index contributed by atoms with van der Waals surface area (Å²) in [4.78, 5) is 34.3. The molecule has 0 saturated heterocycles. The molecule has 0 aliphatic rings. The molecule has 2 heterocycles. The van der Waals surface area contributed by atoms with Gasteiger partial charge in [0.15, 0.2) is 5.69 Å². The van der Waals surface area contributed by atoms with E-state index in [0.717, 1.165) is 5.56 Å². The largest absolute Gasteiger partial charge is 0.501 e. The lowest BCUT2D eigenvalue weighted by Crippen LogP contribution is -2.42. The van der Waals surface area contributed by atoms with Crippen LogP contribution in [0.1, 0.15) is 38.0 Å². The fourth-order valence-electron chi connectivity index (χ4n) is 2.62. The Labute approximate surface area is 158 Å². The van der Waals surface area contributed by atoms with Crippen LogP contribution in [-0.2, 0) is 16.8 Å². The summed E-state index contributed by atoms with van der Waals surface area (Å²) in [5, 5.41) is 16.5. The molecule has 0 saturated carbocycles. The van der Waals surface area contributed by atoms with Crippen LogP contribution in [0.3, 0.4) is 0 Å². The fourth-order valence-corrected chi connectivity index (χ4v) is 2.62. The van der Waals surface area contributed by atoms with Crippen LogP contribution in [0.2, 0.25) is 0 Å². The minimum Gasteiger partial charge on any atom is -0.501 e. The van der Waals surface area contributed by atoms with E-state index in [-0.39, 0.29) is 41.4 Å². The highest BCUT2D eigenvalue weighted by molar-refractivity contribution is 5.73. The number of H-pyrrole nitrogens is 1. The van der Waals surface area contributed by atoms with Gasteiger partial charge >= 0.3 is 0 Å². The van der Waals surface area contributed by atoms with Crippen LogP contribution in [-0.4, -0.2) is 31.1 Å². The maximum Gasteiger partial charge on any atom is 0.293 e. The molecular formula is C18H18FN5O4. The van der Waals surface area contributed by atoms with Gasteiger partial charge in [-0.25, -0.2) is 9.37 Å². The van der Waals surface area contributed by atoms with Crippen molar-refractivity contribution in [2.24, 2.45) is 0 Å². The maximum absolute atomic E-state index is 13.0. The zero-order valence-corrected chi connectivity index (χ0v) is 15.4. The lowest BCUT2D eigenvalue weighted by atomic mass is 10.0. The quantitative estimate of drug-likeness (QED) is 0.606. The first-order chi connectivity index (χ1) is 13.2. The number of hydrogen-bond acceptors (Lipinski definition) is 7. The molecule has 28 heavy (non-hydrogen) atoms. The smallest absolute Gasteiger partial charge is 0.293 e. The highest BCUT2D eigenvalue weighted by Crippen LogP contribution is 2.24. The molecule has 10 heteroatoms. The first-order valence-electron chi connectivity index (χ1n) is 8.35. The van der Waals surface area contributed by atoms with Gasteiger partial charge in [0, 0.05) is 6.92 Å². The molecule has 0 aliphatic carbocycles. The monoisotopic (exact) mass is 387 g/mol. The molecule has 0 unspecified atom stereocenters. The summed E-state index contributed by atoms with van der Waals surface area (Å²) in [5.74, 6) is -1.11. The molecule has 2 aromatic heterocycles. The second kappa shape index (κ2) is 7.22. The first-order valence-corrected chi connectivity index (χ1v) is 8.35. The molecule has 9 nitrogen and oxygen atoms in total. The lowest BCUT2D eigenvalue weighted by molar-refractivity contribution is -0.120. The van der Waals surface area contributed by atoms with Crippen LogP contribution in [0.15, 0.2) is 33.6 Å². The van der Waals surface area contributed by atoms with Crippen molar-refractivity contribution in [2.75, 3.05) is 0 Å². The van der Waals surface area contributed by atoms with Gasteiger partial charge in [-0.15, -0.1) is 0 Å². The summed E-state index contributed by atoms with van der Waals surface area (Å²) < 4.78 is 18.2. The van der Waals surface area contributed by atoms with Gasteiger partial charge in [0.25, 0.3) is 5.56 Å². The van der Waals surface area contributed by atoms with Crippen molar-refractivity contribution >= 4 is 5.91 Å². The number of amides is 1. The first kappa shape index (κ1) is 19.2. The molecule has 0 bridgehead atoms. The molecular weight excluding hydrogens is 369 g/mol. The maximum atomic E-state index is 13.0. The van der Waals surface area contributed by atoms with Gasteiger partial charge in [-0.3, -0.25) is 9.59 Å². The molecule has 1 aromatic carbocycles. The highest BCUT2D eigenvalue weighted by Gasteiger charge is 2.28. The standard InChI is InChI=1S/C18H18FN5O4/c1-9(25)23-18(2,3)17-21-13(14(26)16(27)22-17)15-20-12(28-24-15)8-10-4-6-11(19)7-5-10/h4-7,26H,8H2,1-3H3,(H,23,25)(H,21,22,27). The molecule has 0 fully saturated rings. The Bertz CT molecular complexity index is 1070.